The first-order chi connectivity index (χ1) is 15.0. The maximum absolute atomic E-state index is 10.1. The summed E-state index contributed by atoms with van der Waals surface area (Å²) >= 11 is 0. The second-order valence-corrected chi connectivity index (χ2v) is 9.42. The molecule has 164 valence electrons. The van der Waals surface area contributed by atoms with E-state index in [4.69, 9.17) is 16.1 Å². The highest BCUT2D eigenvalue weighted by Crippen LogP contribution is 2.44. The molecule has 5 rings (SSSR count). The summed E-state index contributed by atoms with van der Waals surface area (Å²) in [5, 5.41) is 18.8. The molecule has 2 aliphatic heterocycles. The van der Waals surface area contributed by atoms with Gasteiger partial charge in [-0.05, 0) is 57.1 Å². The average Bonchev–Trinajstić information content (AvgIpc) is 3.15. The lowest BCUT2D eigenvalue weighted by molar-refractivity contribution is -0.0164. The molecule has 8 nitrogen and oxygen atoms in total. The minimum atomic E-state index is -0.128. The molecule has 4 N–H and O–H groups in total. The largest absolute Gasteiger partial charge is 0.402 e. The van der Waals surface area contributed by atoms with Crippen molar-refractivity contribution in [2.45, 2.75) is 51.2 Å². The van der Waals surface area contributed by atoms with E-state index in [0.717, 1.165) is 68.6 Å². The second kappa shape index (κ2) is 7.84. The van der Waals surface area contributed by atoms with Gasteiger partial charge in [0.1, 0.15) is 5.82 Å². The Kier molecular flexibility index (Phi) is 5.14. The van der Waals surface area contributed by atoms with E-state index < -0.39 is 0 Å². The molecule has 0 unspecified atom stereocenters. The zero-order valence-corrected chi connectivity index (χ0v) is 18.1. The van der Waals surface area contributed by atoms with E-state index in [9.17, 15) is 5.11 Å². The lowest BCUT2D eigenvalue weighted by Gasteiger charge is -2.43. The summed E-state index contributed by atoms with van der Waals surface area (Å²) in [6, 6.07) is 2.35. The van der Waals surface area contributed by atoms with E-state index >= 15 is 0 Å². The molecule has 2 aromatic rings. The number of nitrogens with one attached hydrogen (secondary N) is 1. The third kappa shape index (κ3) is 3.57. The van der Waals surface area contributed by atoms with Gasteiger partial charge in [0.2, 0.25) is 0 Å². The Hall–Kier alpha value is -2.58. The molecule has 3 fully saturated rings. The number of fused-ring (bicyclic) bond motifs is 1. The minimum Gasteiger partial charge on any atom is -0.402 e. The summed E-state index contributed by atoms with van der Waals surface area (Å²) in [6.45, 7) is 5.87. The SMILES string of the molecule is C/C(N)=C(/C=N)c1nc(N2CCC3(CC2)CCN([C@@H]2CC[C@@H]2O)C3)c2ccncc2n1. The van der Waals surface area contributed by atoms with E-state index in [1.807, 2.05) is 6.07 Å². The fraction of sp³-hybridized carbons (Fsp3) is 0.565. The number of piperidine rings is 1. The standard InChI is InChI=1S/C23H31N7O/c1-15(25)17(12-24)21-27-18-13-26-8-4-16(18)22(28-21)29-9-5-23(6-10-29)7-11-30(14-23)19-2-3-20(19)31/h4,8,12-13,19-20,24,31H,2-3,5-7,9-11,14,25H2,1H3/b17-15+,24-12?/t19-,20+/m1/s1. The van der Waals surface area contributed by atoms with Crippen LogP contribution in [0.25, 0.3) is 16.5 Å². The van der Waals surface area contributed by atoms with Crippen LogP contribution in [0.1, 0.15) is 44.9 Å². The van der Waals surface area contributed by atoms with Crippen LogP contribution in [-0.4, -0.2) is 69.5 Å². The summed E-state index contributed by atoms with van der Waals surface area (Å²) in [6.07, 6.45) is 10.2. The lowest BCUT2D eigenvalue weighted by atomic mass is 9.77. The Labute approximate surface area is 182 Å². The highest BCUT2D eigenvalue weighted by molar-refractivity contribution is 6.08. The van der Waals surface area contributed by atoms with Crippen LogP contribution in [0.3, 0.4) is 0 Å². The Balaban J connectivity index is 1.39. The van der Waals surface area contributed by atoms with E-state index in [0.29, 0.717) is 28.6 Å². The molecule has 31 heavy (non-hydrogen) atoms. The molecule has 1 spiro atoms. The molecule has 3 aliphatic rings. The topological polar surface area (TPSA) is 115 Å². The first-order valence-electron chi connectivity index (χ1n) is 11.3. The molecule has 0 aromatic carbocycles. The number of aromatic nitrogens is 3. The molecule has 1 aliphatic carbocycles. The van der Waals surface area contributed by atoms with E-state index in [1.54, 1.807) is 19.3 Å². The molecule has 1 saturated carbocycles. The van der Waals surface area contributed by atoms with Crippen molar-refractivity contribution in [2.24, 2.45) is 11.1 Å². The zero-order valence-electron chi connectivity index (χ0n) is 18.1. The number of anilines is 1. The first kappa shape index (κ1) is 20.3. The van der Waals surface area contributed by atoms with Gasteiger partial charge in [-0.1, -0.05) is 0 Å². The summed E-state index contributed by atoms with van der Waals surface area (Å²) in [5.41, 5.74) is 8.20. The average molecular weight is 422 g/mol. The fourth-order valence-electron chi connectivity index (χ4n) is 5.42. The van der Waals surface area contributed by atoms with Crippen LogP contribution in [0.15, 0.2) is 24.2 Å². The number of hydrogen-bond donors (Lipinski definition) is 3. The van der Waals surface area contributed by atoms with Crippen molar-refractivity contribution in [2.75, 3.05) is 31.1 Å². The van der Waals surface area contributed by atoms with Crippen molar-refractivity contribution in [3.63, 3.8) is 0 Å². The van der Waals surface area contributed by atoms with E-state index in [1.165, 1.54) is 12.6 Å². The Morgan fingerprint density at radius 2 is 2.00 bits per heavy atom. The Bertz CT molecular complexity index is 1020. The van der Waals surface area contributed by atoms with Gasteiger partial charge in [0.15, 0.2) is 5.82 Å². The molecule has 8 heteroatoms. The minimum absolute atomic E-state index is 0.128. The second-order valence-electron chi connectivity index (χ2n) is 9.42. The summed E-state index contributed by atoms with van der Waals surface area (Å²) in [4.78, 5) is 18.6. The lowest BCUT2D eigenvalue weighted by Crippen LogP contribution is -2.51. The highest BCUT2D eigenvalue weighted by Gasteiger charge is 2.45. The van der Waals surface area contributed by atoms with Crippen LogP contribution in [0.5, 0.6) is 0 Å². The number of hydrogen-bond acceptors (Lipinski definition) is 8. The maximum Gasteiger partial charge on any atom is 0.165 e. The summed E-state index contributed by atoms with van der Waals surface area (Å²) < 4.78 is 0. The molecule has 2 atom stereocenters. The third-order valence-electron chi connectivity index (χ3n) is 7.55. The summed E-state index contributed by atoms with van der Waals surface area (Å²) in [5.74, 6) is 1.39. The first-order valence-corrected chi connectivity index (χ1v) is 11.3. The van der Waals surface area contributed by atoms with Gasteiger partial charge in [-0.3, -0.25) is 9.88 Å². The van der Waals surface area contributed by atoms with Crippen LogP contribution < -0.4 is 10.6 Å². The van der Waals surface area contributed by atoms with Gasteiger partial charge >= 0.3 is 0 Å². The molecular formula is C23H31N7O. The number of aliphatic hydroxyl groups excluding tert-OH is 1. The molecular weight excluding hydrogens is 390 g/mol. The predicted molar refractivity (Wildman–Crippen MR) is 122 cm³/mol. The summed E-state index contributed by atoms with van der Waals surface area (Å²) in [7, 11) is 0. The number of likely N-dealkylation sites (tertiary alicyclic amines) is 1. The van der Waals surface area contributed by atoms with Gasteiger partial charge in [0.25, 0.3) is 0 Å². The third-order valence-corrected chi connectivity index (χ3v) is 7.55. The van der Waals surface area contributed by atoms with Crippen molar-refractivity contribution >= 4 is 28.5 Å². The van der Waals surface area contributed by atoms with Crippen LogP contribution in [0.4, 0.5) is 5.82 Å². The molecule has 0 bridgehead atoms. The highest BCUT2D eigenvalue weighted by atomic mass is 16.3. The van der Waals surface area contributed by atoms with E-state index in [-0.39, 0.29) is 6.10 Å². The number of allylic oxidation sites excluding steroid dienone is 2. The fourth-order valence-corrected chi connectivity index (χ4v) is 5.42. The Morgan fingerprint density at radius 1 is 1.23 bits per heavy atom. The van der Waals surface area contributed by atoms with E-state index in [2.05, 4.69) is 19.8 Å². The van der Waals surface area contributed by atoms with Crippen LogP contribution in [0, 0.1) is 10.8 Å². The van der Waals surface area contributed by atoms with Crippen molar-refractivity contribution < 1.29 is 5.11 Å². The molecule has 2 aromatic heterocycles. The maximum atomic E-state index is 10.1. The van der Waals surface area contributed by atoms with Crippen molar-refractivity contribution in [1.29, 1.82) is 5.41 Å². The van der Waals surface area contributed by atoms with Crippen molar-refractivity contribution in [3.05, 3.63) is 30.0 Å². The quantitative estimate of drug-likeness (QED) is 0.648. The van der Waals surface area contributed by atoms with Gasteiger partial charge in [-0.15, -0.1) is 0 Å². The van der Waals surface area contributed by atoms with Gasteiger partial charge in [0.05, 0.1) is 23.4 Å². The molecule has 0 radical (unpaired) electrons. The van der Waals surface area contributed by atoms with Crippen LogP contribution in [-0.2, 0) is 0 Å². The molecule has 4 heterocycles. The van der Waals surface area contributed by atoms with Crippen molar-refractivity contribution in [1.82, 2.24) is 19.9 Å². The Morgan fingerprint density at radius 3 is 2.65 bits per heavy atom. The number of nitrogens with zero attached hydrogens (tertiary/aromatic N) is 5. The van der Waals surface area contributed by atoms with Crippen LogP contribution in [0.2, 0.25) is 0 Å². The number of aliphatic hydroxyl groups is 1. The molecule has 2 saturated heterocycles. The van der Waals surface area contributed by atoms with Crippen molar-refractivity contribution in [3.8, 4) is 0 Å². The van der Waals surface area contributed by atoms with Gasteiger partial charge in [0, 0.05) is 49.2 Å². The zero-order chi connectivity index (χ0) is 21.6. The van der Waals surface area contributed by atoms with Gasteiger partial charge < -0.3 is 21.1 Å². The monoisotopic (exact) mass is 421 g/mol. The van der Waals surface area contributed by atoms with Gasteiger partial charge in [-0.2, -0.15) is 0 Å². The smallest absolute Gasteiger partial charge is 0.165 e. The van der Waals surface area contributed by atoms with Gasteiger partial charge in [-0.25, -0.2) is 9.97 Å². The number of nitrogens with two attached hydrogens (primary N) is 1. The predicted octanol–water partition coefficient (Wildman–Crippen LogP) is 2.18. The normalized spacial score (nSPS) is 26.7. The molecule has 0 amide bonds. The van der Waals surface area contributed by atoms with Crippen LogP contribution >= 0.6 is 0 Å². The number of rotatable bonds is 4. The number of pyridine rings is 1.